The predicted molar refractivity (Wildman–Crippen MR) is 84.2 cm³/mol. The molecular formula is C16H17NO4S. The third-order valence-corrected chi connectivity index (χ3v) is 3.73. The highest BCUT2D eigenvalue weighted by molar-refractivity contribution is 7.98. The van der Waals surface area contributed by atoms with Crippen molar-refractivity contribution in [1.29, 1.82) is 0 Å². The van der Waals surface area contributed by atoms with Crippen LogP contribution in [-0.2, 0) is 4.79 Å². The van der Waals surface area contributed by atoms with Crippen LogP contribution in [-0.4, -0.2) is 23.2 Å². The lowest BCUT2D eigenvalue weighted by molar-refractivity contribution is -0.139. The lowest BCUT2D eigenvalue weighted by Gasteiger charge is -2.15. The fraction of sp³-hybridized carbons (Fsp3) is 0.250. The number of hydrogen-bond acceptors (Lipinski definition) is 4. The second-order valence-electron chi connectivity index (χ2n) is 4.99. The second kappa shape index (κ2) is 6.70. The number of carboxylic acid groups (broad SMARTS) is 1. The molecule has 0 saturated heterocycles. The Kier molecular flexibility index (Phi) is 4.92. The first-order valence-electron chi connectivity index (χ1n) is 6.66. The van der Waals surface area contributed by atoms with Crippen LogP contribution in [0.2, 0.25) is 0 Å². The first kappa shape index (κ1) is 16.2. The maximum absolute atomic E-state index is 12.2. The third kappa shape index (κ3) is 3.71. The van der Waals surface area contributed by atoms with Gasteiger partial charge in [0.15, 0.2) is 16.9 Å². The summed E-state index contributed by atoms with van der Waals surface area (Å²) in [6, 6.07) is 7.53. The highest BCUT2D eigenvalue weighted by Gasteiger charge is 2.24. The summed E-state index contributed by atoms with van der Waals surface area (Å²) < 4.78 is 5.32. The molecule has 1 heterocycles. The van der Waals surface area contributed by atoms with E-state index < -0.39 is 17.9 Å². The quantitative estimate of drug-likeness (QED) is 0.828. The summed E-state index contributed by atoms with van der Waals surface area (Å²) in [7, 11) is 0. The van der Waals surface area contributed by atoms with E-state index in [-0.39, 0.29) is 5.76 Å². The van der Waals surface area contributed by atoms with Crippen molar-refractivity contribution >= 4 is 23.6 Å². The van der Waals surface area contributed by atoms with E-state index in [1.165, 1.54) is 17.8 Å². The molecule has 0 bridgehead atoms. The van der Waals surface area contributed by atoms with Gasteiger partial charge in [-0.05, 0) is 37.8 Å². The van der Waals surface area contributed by atoms with Gasteiger partial charge in [-0.2, -0.15) is 0 Å². The normalized spacial score (nSPS) is 12.0. The van der Waals surface area contributed by atoms with Crippen molar-refractivity contribution in [3.63, 3.8) is 0 Å². The number of benzene rings is 1. The number of aliphatic carboxylic acids is 1. The summed E-state index contributed by atoms with van der Waals surface area (Å²) in [5, 5.41) is 12.5. The Balaban J connectivity index is 2.25. The number of carbonyl (C=O) groups excluding carboxylic acids is 1. The molecule has 116 valence electrons. The summed E-state index contributed by atoms with van der Waals surface area (Å²) in [5.41, 5.74) is 2.42. The Bertz CT molecular complexity index is 688. The largest absolute Gasteiger partial charge is 0.479 e. The number of nitrogens with one attached hydrogen (secondary N) is 1. The Morgan fingerprint density at radius 2 is 1.82 bits per heavy atom. The van der Waals surface area contributed by atoms with Gasteiger partial charge in [0.05, 0.1) is 0 Å². The smallest absolute Gasteiger partial charge is 0.330 e. The molecular weight excluding hydrogens is 302 g/mol. The maximum Gasteiger partial charge on any atom is 0.330 e. The minimum atomic E-state index is -1.12. The summed E-state index contributed by atoms with van der Waals surface area (Å²) in [6.07, 6.45) is 1.83. The Labute approximate surface area is 132 Å². The van der Waals surface area contributed by atoms with Crippen LogP contribution in [0.4, 0.5) is 0 Å². The number of amides is 1. The Morgan fingerprint density at radius 3 is 2.32 bits per heavy atom. The van der Waals surface area contributed by atoms with Gasteiger partial charge in [-0.1, -0.05) is 41.1 Å². The zero-order chi connectivity index (χ0) is 16.3. The summed E-state index contributed by atoms with van der Waals surface area (Å²) in [4.78, 5) is 23.7. The van der Waals surface area contributed by atoms with Gasteiger partial charge in [0, 0.05) is 0 Å². The standard InChI is InChI=1S/C16H17NO4S/c1-9-6-10(2)8-11(7-9)14(16(19)20)17-15(18)12-4-5-13(21-12)22-3/h4-8,14H,1-3H3,(H,17,18)(H,19,20). The molecule has 0 aliphatic heterocycles. The van der Waals surface area contributed by atoms with Gasteiger partial charge < -0.3 is 14.8 Å². The number of aryl methyl sites for hydroxylation is 2. The number of hydrogen-bond donors (Lipinski definition) is 2. The van der Waals surface area contributed by atoms with Gasteiger partial charge in [0.25, 0.3) is 5.91 Å². The van der Waals surface area contributed by atoms with Crippen molar-refractivity contribution in [2.45, 2.75) is 25.0 Å². The zero-order valence-electron chi connectivity index (χ0n) is 12.5. The first-order chi connectivity index (χ1) is 10.4. The molecule has 2 N–H and O–H groups in total. The van der Waals surface area contributed by atoms with E-state index in [0.29, 0.717) is 10.7 Å². The molecule has 0 saturated carbocycles. The van der Waals surface area contributed by atoms with Crippen molar-refractivity contribution in [1.82, 2.24) is 5.32 Å². The van der Waals surface area contributed by atoms with Crippen LogP contribution >= 0.6 is 11.8 Å². The summed E-state index contributed by atoms with van der Waals surface area (Å²) in [6.45, 7) is 3.77. The zero-order valence-corrected chi connectivity index (χ0v) is 13.4. The molecule has 0 radical (unpaired) electrons. The molecule has 22 heavy (non-hydrogen) atoms. The second-order valence-corrected chi connectivity index (χ2v) is 5.80. The van der Waals surface area contributed by atoms with E-state index >= 15 is 0 Å². The fourth-order valence-electron chi connectivity index (χ4n) is 2.22. The number of thioether (sulfide) groups is 1. The first-order valence-corrected chi connectivity index (χ1v) is 7.89. The molecule has 6 heteroatoms. The van der Waals surface area contributed by atoms with Gasteiger partial charge in [0.2, 0.25) is 0 Å². The molecule has 1 aromatic carbocycles. The van der Waals surface area contributed by atoms with Crippen LogP contribution in [0.15, 0.2) is 39.8 Å². The lowest BCUT2D eigenvalue weighted by Crippen LogP contribution is -2.33. The van der Waals surface area contributed by atoms with Crippen LogP contribution in [0, 0.1) is 13.8 Å². The van der Waals surface area contributed by atoms with Crippen molar-refractivity contribution in [2.75, 3.05) is 6.26 Å². The molecule has 0 aliphatic carbocycles. The summed E-state index contributed by atoms with van der Waals surface area (Å²) >= 11 is 1.37. The van der Waals surface area contributed by atoms with Crippen molar-refractivity contribution in [3.8, 4) is 0 Å². The SMILES string of the molecule is CSc1ccc(C(=O)NC(C(=O)O)c2cc(C)cc(C)c2)o1. The third-order valence-electron chi connectivity index (χ3n) is 3.11. The van der Waals surface area contributed by atoms with Crippen LogP contribution in [0.25, 0.3) is 0 Å². The predicted octanol–water partition coefficient (Wildman–Crippen LogP) is 3.17. The molecule has 1 atom stereocenters. The van der Waals surface area contributed by atoms with E-state index in [9.17, 15) is 14.7 Å². The van der Waals surface area contributed by atoms with Crippen LogP contribution < -0.4 is 5.32 Å². The number of rotatable bonds is 5. The van der Waals surface area contributed by atoms with Crippen LogP contribution in [0.1, 0.15) is 33.3 Å². The molecule has 1 aromatic heterocycles. The molecule has 0 spiro atoms. The van der Waals surface area contributed by atoms with Crippen molar-refractivity contribution in [3.05, 3.63) is 52.8 Å². The monoisotopic (exact) mass is 319 g/mol. The van der Waals surface area contributed by atoms with Gasteiger partial charge >= 0.3 is 5.97 Å². The number of carboxylic acids is 1. The van der Waals surface area contributed by atoms with Gasteiger partial charge in [-0.3, -0.25) is 4.79 Å². The van der Waals surface area contributed by atoms with Gasteiger partial charge in [-0.25, -0.2) is 4.79 Å². The molecule has 2 aromatic rings. The molecule has 1 amide bonds. The maximum atomic E-state index is 12.2. The van der Waals surface area contributed by atoms with Gasteiger partial charge in [0.1, 0.15) is 0 Å². The highest BCUT2D eigenvalue weighted by atomic mass is 32.2. The minimum absolute atomic E-state index is 0.0972. The molecule has 0 fully saturated rings. The van der Waals surface area contributed by atoms with E-state index in [0.717, 1.165) is 11.1 Å². The van der Waals surface area contributed by atoms with Crippen molar-refractivity contribution < 1.29 is 19.1 Å². The fourth-order valence-corrected chi connectivity index (χ4v) is 2.60. The van der Waals surface area contributed by atoms with E-state index in [1.807, 2.05) is 26.2 Å². The summed E-state index contributed by atoms with van der Waals surface area (Å²) in [5.74, 6) is -1.57. The number of furan rings is 1. The highest BCUT2D eigenvalue weighted by Crippen LogP contribution is 2.21. The van der Waals surface area contributed by atoms with Crippen molar-refractivity contribution in [2.24, 2.45) is 0 Å². The van der Waals surface area contributed by atoms with E-state index in [4.69, 9.17) is 4.42 Å². The average Bonchev–Trinajstić information content (AvgIpc) is 2.92. The molecule has 1 unspecified atom stereocenters. The Hall–Kier alpha value is -2.21. The number of carbonyl (C=O) groups is 2. The van der Waals surface area contributed by atoms with Crippen LogP contribution in [0.5, 0.6) is 0 Å². The van der Waals surface area contributed by atoms with Gasteiger partial charge in [-0.15, -0.1) is 0 Å². The van der Waals surface area contributed by atoms with Crippen LogP contribution in [0.3, 0.4) is 0 Å². The lowest BCUT2D eigenvalue weighted by atomic mass is 10.0. The molecule has 2 rings (SSSR count). The van der Waals surface area contributed by atoms with E-state index in [2.05, 4.69) is 5.32 Å². The topological polar surface area (TPSA) is 79.5 Å². The molecule has 0 aliphatic rings. The average molecular weight is 319 g/mol. The minimum Gasteiger partial charge on any atom is -0.479 e. The van der Waals surface area contributed by atoms with E-state index in [1.54, 1.807) is 18.2 Å². The Morgan fingerprint density at radius 1 is 1.18 bits per heavy atom. The molecule has 5 nitrogen and oxygen atoms in total.